The highest BCUT2D eigenvalue weighted by Crippen LogP contribution is 2.36. The number of nitrogens with zero attached hydrogens (tertiary/aromatic N) is 5. The van der Waals surface area contributed by atoms with Crippen molar-refractivity contribution in [3.8, 4) is 28.4 Å². The summed E-state index contributed by atoms with van der Waals surface area (Å²) in [5, 5.41) is 0.711. The number of halogens is 1. The maximum Gasteiger partial charge on any atom is 0.221 e. The van der Waals surface area contributed by atoms with Gasteiger partial charge in [-0.3, -0.25) is 0 Å². The van der Waals surface area contributed by atoms with E-state index >= 15 is 0 Å². The van der Waals surface area contributed by atoms with Gasteiger partial charge in [0.05, 0.1) is 36.5 Å². The zero-order valence-corrected chi connectivity index (χ0v) is 16.6. The third-order valence-corrected chi connectivity index (χ3v) is 5.04. The molecule has 0 unspecified atom stereocenters. The average molecular weight is 415 g/mol. The number of nitrogen functional groups attached to an aromatic ring is 1. The number of aromatic amines is 1. The summed E-state index contributed by atoms with van der Waals surface area (Å²) in [5.41, 5.74) is 9.66. The van der Waals surface area contributed by atoms with Crippen molar-refractivity contribution in [2.75, 3.05) is 12.8 Å². The minimum atomic E-state index is -0.332. The van der Waals surface area contributed by atoms with Crippen molar-refractivity contribution < 1.29 is 9.13 Å². The van der Waals surface area contributed by atoms with Crippen molar-refractivity contribution in [2.24, 2.45) is 0 Å². The summed E-state index contributed by atoms with van der Waals surface area (Å²) in [4.78, 5) is 20.4. The first-order valence-corrected chi connectivity index (χ1v) is 9.53. The van der Waals surface area contributed by atoms with Crippen LogP contribution in [0.5, 0.6) is 5.88 Å². The number of methoxy groups -OCH3 is 1. The zero-order valence-electron chi connectivity index (χ0n) is 16.6. The lowest BCUT2D eigenvalue weighted by Gasteiger charge is -2.06. The molecular weight excluding hydrogens is 397 g/mol. The Labute approximate surface area is 176 Å². The second kappa shape index (κ2) is 7.52. The van der Waals surface area contributed by atoms with Gasteiger partial charge < -0.3 is 20.0 Å². The predicted molar refractivity (Wildman–Crippen MR) is 115 cm³/mol. The highest BCUT2D eigenvalue weighted by atomic mass is 19.1. The Kier molecular flexibility index (Phi) is 4.55. The van der Waals surface area contributed by atoms with Crippen LogP contribution in [-0.2, 0) is 6.54 Å². The van der Waals surface area contributed by atoms with Crippen LogP contribution in [0.1, 0.15) is 5.69 Å². The van der Waals surface area contributed by atoms with Crippen LogP contribution >= 0.6 is 0 Å². The van der Waals surface area contributed by atoms with E-state index in [2.05, 4.69) is 24.9 Å². The van der Waals surface area contributed by atoms with E-state index in [0.29, 0.717) is 40.7 Å². The van der Waals surface area contributed by atoms with E-state index in [1.54, 1.807) is 37.7 Å². The van der Waals surface area contributed by atoms with Gasteiger partial charge in [0.25, 0.3) is 0 Å². The van der Waals surface area contributed by atoms with Crippen LogP contribution in [0.25, 0.3) is 33.5 Å². The molecule has 0 saturated heterocycles. The molecule has 0 fully saturated rings. The third-order valence-electron chi connectivity index (χ3n) is 5.04. The van der Waals surface area contributed by atoms with Crippen molar-refractivity contribution in [3.63, 3.8) is 0 Å². The number of H-pyrrole nitrogens is 1. The molecule has 4 aromatic heterocycles. The van der Waals surface area contributed by atoms with Crippen LogP contribution in [0, 0.1) is 5.82 Å². The first kappa shape index (κ1) is 18.7. The van der Waals surface area contributed by atoms with E-state index in [9.17, 15) is 4.39 Å². The summed E-state index contributed by atoms with van der Waals surface area (Å²) >= 11 is 0. The van der Waals surface area contributed by atoms with Gasteiger partial charge in [-0.15, -0.1) is 0 Å². The van der Waals surface area contributed by atoms with Crippen molar-refractivity contribution in [1.29, 1.82) is 0 Å². The van der Waals surface area contributed by atoms with Gasteiger partial charge in [0.1, 0.15) is 29.4 Å². The molecule has 0 spiro atoms. The molecule has 0 aliphatic carbocycles. The van der Waals surface area contributed by atoms with E-state index < -0.39 is 0 Å². The normalized spacial score (nSPS) is 11.2. The summed E-state index contributed by atoms with van der Waals surface area (Å²) in [7, 11) is 1.57. The molecule has 5 aromatic rings. The van der Waals surface area contributed by atoms with Crippen molar-refractivity contribution >= 4 is 16.9 Å². The number of hydrogen-bond acceptors (Lipinski definition) is 6. The van der Waals surface area contributed by atoms with E-state index in [0.717, 1.165) is 16.8 Å². The Bertz CT molecular complexity index is 1390. The number of fused-ring (bicyclic) bond motifs is 1. The summed E-state index contributed by atoms with van der Waals surface area (Å²) < 4.78 is 21.5. The number of hydrogen-bond donors (Lipinski definition) is 2. The van der Waals surface area contributed by atoms with Gasteiger partial charge in [0.2, 0.25) is 5.88 Å². The molecule has 0 atom stereocenters. The molecule has 1 aromatic carbocycles. The van der Waals surface area contributed by atoms with Crippen LogP contribution in [0.3, 0.4) is 0 Å². The Morgan fingerprint density at radius 1 is 1.03 bits per heavy atom. The molecule has 0 bridgehead atoms. The topological polar surface area (TPSA) is 108 Å². The largest absolute Gasteiger partial charge is 0.481 e. The quantitative estimate of drug-likeness (QED) is 0.454. The molecule has 0 radical (unpaired) electrons. The molecule has 5 rings (SSSR count). The Hall–Kier alpha value is -4.27. The molecular formula is C22H18FN7O. The molecule has 4 heterocycles. The monoisotopic (exact) mass is 415 g/mol. The minimum Gasteiger partial charge on any atom is -0.481 e. The highest BCUT2D eigenvalue weighted by Gasteiger charge is 2.19. The first-order valence-electron chi connectivity index (χ1n) is 9.53. The number of nitrogens with one attached hydrogen (secondary N) is 1. The fraction of sp³-hybridized carbons (Fsp3) is 0.0909. The number of anilines is 1. The van der Waals surface area contributed by atoms with Crippen molar-refractivity contribution in [2.45, 2.75) is 6.54 Å². The Morgan fingerprint density at radius 3 is 2.71 bits per heavy atom. The van der Waals surface area contributed by atoms with Gasteiger partial charge in [0.15, 0.2) is 0 Å². The number of imidazole rings is 1. The highest BCUT2D eigenvalue weighted by molar-refractivity contribution is 6.01. The fourth-order valence-corrected chi connectivity index (χ4v) is 3.64. The summed E-state index contributed by atoms with van der Waals surface area (Å²) in [6.45, 7) is 0.428. The summed E-state index contributed by atoms with van der Waals surface area (Å²) in [5.74, 6) is 0.976. The van der Waals surface area contributed by atoms with E-state index in [-0.39, 0.29) is 5.82 Å². The number of aromatic nitrogens is 6. The average Bonchev–Trinajstić information content (AvgIpc) is 3.40. The predicted octanol–water partition coefficient (Wildman–Crippen LogP) is 3.66. The molecule has 9 heteroatoms. The van der Waals surface area contributed by atoms with Gasteiger partial charge in [-0.25, -0.2) is 24.3 Å². The van der Waals surface area contributed by atoms with Gasteiger partial charge in [-0.2, -0.15) is 0 Å². The Balaban J connectivity index is 1.59. The molecule has 3 N–H and O–H groups in total. The molecule has 31 heavy (non-hydrogen) atoms. The second-order valence-corrected chi connectivity index (χ2v) is 6.93. The molecule has 0 aliphatic heterocycles. The molecule has 0 aliphatic rings. The fourth-order valence-electron chi connectivity index (χ4n) is 3.64. The van der Waals surface area contributed by atoms with Crippen LogP contribution in [0.15, 0.2) is 61.3 Å². The Morgan fingerprint density at radius 2 is 1.87 bits per heavy atom. The van der Waals surface area contributed by atoms with Crippen LogP contribution in [0.2, 0.25) is 0 Å². The number of pyridine rings is 1. The lowest BCUT2D eigenvalue weighted by Crippen LogP contribution is -2.01. The summed E-state index contributed by atoms with van der Waals surface area (Å²) in [6.07, 6.45) is 6.70. The smallest absolute Gasteiger partial charge is 0.221 e. The molecule has 0 saturated carbocycles. The van der Waals surface area contributed by atoms with Gasteiger partial charge in [-0.05, 0) is 24.3 Å². The van der Waals surface area contributed by atoms with E-state index in [4.69, 9.17) is 10.5 Å². The van der Waals surface area contributed by atoms with Crippen molar-refractivity contribution in [3.05, 3.63) is 72.8 Å². The van der Waals surface area contributed by atoms with Crippen molar-refractivity contribution in [1.82, 2.24) is 29.5 Å². The zero-order chi connectivity index (χ0) is 21.4. The number of rotatable bonds is 5. The van der Waals surface area contributed by atoms with Gasteiger partial charge in [-0.1, -0.05) is 12.1 Å². The van der Waals surface area contributed by atoms with Gasteiger partial charge in [0, 0.05) is 23.5 Å². The third kappa shape index (κ3) is 3.25. The first-order chi connectivity index (χ1) is 15.2. The standard InChI is InChI=1S/C22H18FN7O/c1-31-22-14(6-4-8-25-22)16-11-30(21-18(16)19(24)27-12-28-21)10-13-9-26-20(29-13)15-5-2-3-7-17(15)23/h2-9,11-12H,10H2,1H3,(H,26,29)(H2,24,27,28). The van der Waals surface area contributed by atoms with Crippen LogP contribution in [-0.4, -0.2) is 36.6 Å². The lowest BCUT2D eigenvalue weighted by molar-refractivity contribution is 0.400. The minimum absolute atomic E-state index is 0.332. The lowest BCUT2D eigenvalue weighted by atomic mass is 10.1. The number of benzene rings is 1. The molecule has 0 amide bonds. The molecule has 154 valence electrons. The van der Waals surface area contributed by atoms with Gasteiger partial charge >= 0.3 is 0 Å². The maximum absolute atomic E-state index is 14.1. The maximum atomic E-state index is 14.1. The second-order valence-electron chi connectivity index (χ2n) is 6.93. The van der Waals surface area contributed by atoms with Crippen LogP contribution in [0.4, 0.5) is 10.2 Å². The molecule has 8 nitrogen and oxygen atoms in total. The van der Waals surface area contributed by atoms with E-state index in [1.165, 1.54) is 12.4 Å². The summed E-state index contributed by atoms with van der Waals surface area (Å²) in [6, 6.07) is 10.2. The van der Waals surface area contributed by atoms with Crippen LogP contribution < -0.4 is 10.5 Å². The number of nitrogens with two attached hydrogens (primary N) is 1. The number of ether oxygens (including phenoxy) is 1. The van der Waals surface area contributed by atoms with E-state index in [1.807, 2.05) is 22.9 Å². The SMILES string of the molecule is COc1ncccc1-c1cn(Cc2cnc(-c3ccccc3F)[nH]2)c2ncnc(N)c12.